The van der Waals surface area contributed by atoms with Crippen LogP contribution in [-0.2, 0) is 14.8 Å². The molecule has 1 aromatic carbocycles. The van der Waals surface area contributed by atoms with Gasteiger partial charge in [-0.1, -0.05) is 23.2 Å². The first kappa shape index (κ1) is 18.6. The number of halogens is 2. The Morgan fingerprint density at radius 2 is 2.14 bits per heavy atom. The molecule has 0 fully saturated rings. The molecule has 2 aromatic rings. The van der Waals surface area contributed by atoms with Crippen molar-refractivity contribution in [2.75, 3.05) is 6.61 Å². The largest absolute Gasteiger partial charge is 0.327 e. The van der Waals surface area contributed by atoms with E-state index in [4.69, 9.17) is 27.7 Å². The molecule has 0 saturated carbocycles. The van der Waals surface area contributed by atoms with Crippen LogP contribution in [0.25, 0.3) is 10.1 Å². The molecule has 1 atom stereocenters. The van der Waals surface area contributed by atoms with Gasteiger partial charge >= 0.3 is 6.72 Å². The molecule has 22 heavy (non-hydrogen) atoms. The van der Waals surface area contributed by atoms with Crippen LogP contribution in [0.5, 0.6) is 0 Å². The third-order valence-corrected chi connectivity index (χ3v) is 8.72. The normalized spacial score (nSPS) is 14.6. The minimum atomic E-state index is -2.95. The summed E-state index contributed by atoms with van der Waals surface area (Å²) in [6.07, 6.45) is 0. The monoisotopic (exact) mass is 397 g/mol. The molecule has 0 saturated heterocycles. The third-order valence-electron chi connectivity index (χ3n) is 2.80. The van der Waals surface area contributed by atoms with E-state index in [1.54, 1.807) is 0 Å². The fourth-order valence-electron chi connectivity index (χ4n) is 1.97. The molecule has 0 unspecified atom stereocenters. The molecule has 1 heterocycles. The van der Waals surface area contributed by atoms with Crippen molar-refractivity contribution in [2.24, 2.45) is 0 Å². The zero-order valence-electron chi connectivity index (χ0n) is 12.6. The molecule has 0 aliphatic rings. The Kier molecular flexibility index (Phi) is 6.67. The number of benzene rings is 1. The fraction of sp³-hybridized carbons (Fsp3) is 0.429. The van der Waals surface area contributed by atoms with Crippen molar-refractivity contribution >= 4 is 62.7 Å². The van der Waals surface area contributed by atoms with Gasteiger partial charge < -0.3 is 4.52 Å². The fourth-order valence-corrected chi connectivity index (χ4v) is 7.75. The lowest BCUT2D eigenvalue weighted by atomic mass is 10.2. The Hall–Kier alpha value is 0.260. The van der Waals surface area contributed by atoms with Gasteiger partial charge in [0.25, 0.3) is 0 Å². The minimum absolute atomic E-state index is 0.0778. The number of rotatable bonds is 7. The van der Waals surface area contributed by atoms with E-state index in [0.717, 1.165) is 15.6 Å². The Balaban J connectivity index is 2.24. The van der Waals surface area contributed by atoms with Crippen molar-refractivity contribution in [3.8, 4) is 0 Å². The topological polar surface area (TPSA) is 38.3 Å². The molecule has 1 aromatic heterocycles. The number of hydrogen-bond donors (Lipinski definition) is 1. The molecule has 0 spiro atoms. The van der Waals surface area contributed by atoms with Crippen LogP contribution < -0.4 is 5.09 Å². The molecular formula is C14H18Cl2NO2PS2. The Morgan fingerprint density at radius 3 is 2.77 bits per heavy atom. The van der Waals surface area contributed by atoms with Gasteiger partial charge in [0, 0.05) is 27.1 Å². The first-order valence-electron chi connectivity index (χ1n) is 6.88. The third kappa shape index (κ3) is 4.64. The van der Waals surface area contributed by atoms with Gasteiger partial charge in [-0.05, 0) is 55.7 Å². The summed E-state index contributed by atoms with van der Waals surface area (Å²) >= 11 is 15.2. The number of nitrogens with one attached hydrogen (secondary N) is 1. The van der Waals surface area contributed by atoms with Crippen molar-refractivity contribution in [2.45, 2.75) is 32.6 Å². The molecular weight excluding hydrogens is 380 g/mol. The minimum Gasteiger partial charge on any atom is -0.310 e. The number of thiophene rings is 1. The van der Waals surface area contributed by atoms with Crippen LogP contribution in [0.15, 0.2) is 18.2 Å². The zero-order valence-corrected chi connectivity index (χ0v) is 16.6. The second-order valence-electron chi connectivity index (χ2n) is 4.97. The van der Waals surface area contributed by atoms with Crippen molar-refractivity contribution in [1.29, 1.82) is 0 Å². The average molecular weight is 398 g/mol. The number of hydrogen-bond acceptors (Lipinski definition) is 4. The summed E-state index contributed by atoms with van der Waals surface area (Å²) in [5.41, 5.74) is 0.958. The van der Waals surface area contributed by atoms with Crippen molar-refractivity contribution < 1.29 is 9.09 Å². The molecule has 2 rings (SSSR count). The van der Waals surface area contributed by atoms with E-state index >= 15 is 0 Å². The van der Waals surface area contributed by atoms with Crippen LogP contribution in [-0.4, -0.2) is 12.6 Å². The summed E-state index contributed by atoms with van der Waals surface area (Å²) in [6, 6.07) is 5.78. The number of fused-ring (bicyclic) bond motifs is 1. The lowest BCUT2D eigenvalue weighted by molar-refractivity contribution is 0.335. The first-order chi connectivity index (χ1) is 10.3. The maximum absolute atomic E-state index is 12.8. The summed E-state index contributed by atoms with van der Waals surface area (Å²) in [4.78, 5) is 0. The van der Waals surface area contributed by atoms with Crippen LogP contribution in [0, 0.1) is 0 Å². The molecule has 122 valence electrons. The van der Waals surface area contributed by atoms with E-state index in [2.05, 4.69) is 5.09 Å². The van der Waals surface area contributed by atoms with Gasteiger partial charge in [0.1, 0.15) is 0 Å². The molecule has 0 aliphatic heterocycles. The zero-order chi connectivity index (χ0) is 16.3. The Bertz CT molecular complexity index is 705. The molecule has 3 nitrogen and oxygen atoms in total. The maximum Gasteiger partial charge on any atom is 0.327 e. The van der Waals surface area contributed by atoms with Crippen molar-refractivity contribution in [3.63, 3.8) is 0 Å². The van der Waals surface area contributed by atoms with Gasteiger partial charge in [-0.3, -0.25) is 4.57 Å². The molecule has 8 heteroatoms. The van der Waals surface area contributed by atoms with Gasteiger partial charge in [-0.15, -0.1) is 11.3 Å². The van der Waals surface area contributed by atoms with Crippen molar-refractivity contribution in [1.82, 2.24) is 5.09 Å². The second kappa shape index (κ2) is 7.89. The predicted octanol–water partition coefficient (Wildman–Crippen LogP) is 6.58. The molecule has 0 amide bonds. The smallest absolute Gasteiger partial charge is 0.310 e. The highest BCUT2D eigenvalue weighted by molar-refractivity contribution is 8.55. The Morgan fingerprint density at radius 1 is 1.41 bits per heavy atom. The standard InChI is InChI=1S/C14H18Cl2NO2PS2/c1-4-19-20(18,17-9(2)3)21-8-12-11-7-10(15)5-6-13(11)22-14(12)16/h5-7,9H,4,8H2,1-3H3,(H,17,18)/t20-/m1/s1. The van der Waals surface area contributed by atoms with Crippen LogP contribution >= 0.6 is 52.6 Å². The van der Waals surface area contributed by atoms with Gasteiger partial charge in [0.2, 0.25) is 0 Å². The second-order valence-corrected chi connectivity index (χ2v) is 11.3. The summed E-state index contributed by atoms with van der Waals surface area (Å²) < 4.78 is 20.0. The highest BCUT2D eigenvalue weighted by atomic mass is 35.5. The van der Waals surface area contributed by atoms with Gasteiger partial charge in [0.15, 0.2) is 0 Å². The van der Waals surface area contributed by atoms with Gasteiger partial charge in [0.05, 0.1) is 10.9 Å². The van der Waals surface area contributed by atoms with E-state index in [9.17, 15) is 4.57 Å². The quantitative estimate of drug-likeness (QED) is 0.535. The van der Waals surface area contributed by atoms with E-state index < -0.39 is 6.72 Å². The summed E-state index contributed by atoms with van der Waals surface area (Å²) in [5.74, 6) is 0.510. The summed E-state index contributed by atoms with van der Waals surface area (Å²) in [6.45, 7) is 3.17. The maximum atomic E-state index is 12.8. The van der Waals surface area contributed by atoms with E-state index in [1.807, 2.05) is 39.0 Å². The molecule has 0 radical (unpaired) electrons. The van der Waals surface area contributed by atoms with Crippen molar-refractivity contribution in [3.05, 3.63) is 33.1 Å². The van der Waals surface area contributed by atoms with E-state index in [0.29, 0.717) is 21.7 Å². The first-order valence-corrected chi connectivity index (χ1v) is 11.7. The average Bonchev–Trinajstić information content (AvgIpc) is 2.71. The van der Waals surface area contributed by atoms with Gasteiger partial charge in [-0.25, -0.2) is 5.09 Å². The van der Waals surface area contributed by atoms with E-state index in [-0.39, 0.29) is 6.04 Å². The highest BCUT2D eigenvalue weighted by Crippen LogP contribution is 2.58. The molecule has 0 aliphatic carbocycles. The predicted molar refractivity (Wildman–Crippen MR) is 101 cm³/mol. The van der Waals surface area contributed by atoms with Gasteiger partial charge in [-0.2, -0.15) is 0 Å². The Labute approximate surface area is 149 Å². The van der Waals surface area contributed by atoms with E-state index in [1.165, 1.54) is 22.7 Å². The van der Waals surface area contributed by atoms with Crippen LogP contribution in [0.3, 0.4) is 0 Å². The summed E-state index contributed by atoms with van der Waals surface area (Å²) in [5, 5.41) is 4.71. The molecule has 1 N–H and O–H groups in total. The summed E-state index contributed by atoms with van der Waals surface area (Å²) in [7, 11) is 0. The van der Waals surface area contributed by atoms with Crippen LogP contribution in [0.2, 0.25) is 9.36 Å². The van der Waals surface area contributed by atoms with Crippen LogP contribution in [0.4, 0.5) is 0 Å². The van der Waals surface area contributed by atoms with Crippen LogP contribution in [0.1, 0.15) is 26.3 Å². The highest BCUT2D eigenvalue weighted by Gasteiger charge is 2.25. The molecule has 0 bridgehead atoms. The SMILES string of the molecule is CCO[P@](=O)(NC(C)C)SCc1c(Cl)sc2ccc(Cl)cc12. The lowest BCUT2D eigenvalue weighted by Crippen LogP contribution is -2.19. The lowest BCUT2D eigenvalue weighted by Gasteiger charge is -2.20.